The summed E-state index contributed by atoms with van der Waals surface area (Å²) in [6, 6.07) is 10.5. The summed E-state index contributed by atoms with van der Waals surface area (Å²) >= 11 is 1.11. The Morgan fingerprint density at radius 2 is 1.78 bits per heavy atom. The second kappa shape index (κ2) is 11.6. The van der Waals surface area contributed by atoms with Crippen molar-refractivity contribution in [1.82, 2.24) is 4.98 Å². The van der Waals surface area contributed by atoms with E-state index < -0.39 is 23.2 Å². The number of benzene rings is 1. The molecule has 0 saturated heterocycles. The standard InChI is InChI=1S/C20H19FN4O3S.C6H12O/c1-20(2,28)10-6-7-11(13(21)8-10)15-9-12(17(22)26)19(29-15)25-16-5-3-4-14(24-16)18(23)27;7-6-4-2-1-3-5-6/h3-9,28H,1-2H3,(H2,22,26)(H2,23,27)(H,24,25);6-7H,1-5H2. The molecule has 4 rings (SSSR count). The van der Waals surface area contributed by atoms with Crippen LogP contribution in [-0.4, -0.2) is 33.1 Å². The largest absolute Gasteiger partial charge is 0.393 e. The molecule has 192 valence electrons. The zero-order chi connectivity index (χ0) is 26.5. The van der Waals surface area contributed by atoms with E-state index in [9.17, 15) is 19.1 Å². The van der Waals surface area contributed by atoms with Gasteiger partial charge in [-0.05, 0) is 56.5 Å². The molecule has 0 unspecified atom stereocenters. The molecule has 2 amide bonds. The van der Waals surface area contributed by atoms with Crippen LogP contribution in [0.4, 0.5) is 15.2 Å². The van der Waals surface area contributed by atoms with E-state index in [1.54, 1.807) is 32.0 Å². The molecule has 1 aromatic carbocycles. The fourth-order valence-corrected chi connectivity index (χ4v) is 4.83. The van der Waals surface area contributed by atoms with E-state index in [1.807, 2.05) is 0 Å². The average Bonchev–Trinajstić information content (AvgIpc) is 3.23. The van der Waals surface area contributed by atoms with Gasteiger partial charge in [-0.15, -0.1) is 11.3 Å². The minimum Gasteiger partial charge on any atom is -0.393 e. The first-order valence-electron chi connectivity index (χ1n) is 11.6. The SMILES string of the molecule is CC(C)(O)c1ccc(-c2cc(C(N)=O)c(Nc3cccc(C(N)=O)n3)s2)c(F)c1.OC1CCCCC1. The van der Waals surface area contributed by atoms with E-state index in [0.717, 1.165) is 24.2 Å². The Balaban J connectivity index is 0.000000444. The molecule has 0 spiro atoms. The molecule has 1 aliphatic carbocycles. The van der Waals surface area contributed by atoms with Crippen molar-refractivity contribution in [3.63, 3.8) is 0 Å². The van der Waals surface area contributed by atoms with Crippen molar-refractivity contribution in [3.05, 3.63) is 65.1 Å². The van der Waals surface area contributed by atoms with Gasteiger partial charge in [0.15, 0.2) is 0 Å². The van der Waals surface area contributed by atoms with E-state index >= 15 is 0 Å². The van der Waals surface area contributed by atoms with Gasteiger partial charge in [0.05, 0.1) is 17.3 Å². The first kappa shape index (κ1) is 27.3. The molecular formula is C26H31FN4O4S. The maximum absolute atomic E-state index is 14.7. The average molecular weight is 515 g/mol. The fourth-order valence-electron chi connectivity index (χ4n) is 3.73. The van der Waals surface area contributed by atoms with Crippen molar-refractivity contribution in [2.24, 2.45) is 11.5 Å². The number of hydrogen-bond donors (Lipinski definition) is 5. The Morgan fingerprint density at radius 3 is 2.31 bits per heavy atom. The summed E-state index contributed by atoms with van der Waals surface area (Å²) in [6.07, 6.45) is 5.92. The van der Waals surface area contributed by atoms with Gasteiger partial charge in [0.2, 0.25) is 0 Å². The number of carbonyl (C=O) groups excluding carboxylic acids is 2. The lowest BCUT2D eigenvalue weighted by Crippen LogP contribution is -2.15. The van der Waals surface area contributed by atoms with Gasteiger partial charge in [-0.3, -0.25) is 9.59 Å². The zero-order valence-corrected chi connectivity index (χ0v) is 21.1. The number of nitrogens with zero attached hydrogens (tertiary/aromatic N) is 1. The number of thiophene rings is 1. The predicted molar refractivity (Wildman–Crippen MR) is 139 cm³/mol. The molecule has 1 aliphatic rings. The Hall–Kier alpha value is -3.34. The number of aliphatic hydroxyl groups is 2. The molecular weight excluding hydrogens is 483 g/mol. The summed E-state index contributed by atoms with van der Waals surface area (Å²) in [6.45, 7) is 3.13. The molecule has 1 saturated carbocycles. The minimum absolute atomic E-state index is 0.0359. The van der Waals surface area contributed by atoms with Crippen molar-refractivity contribution in [2.75, 3.05) is 5.32 Å². The minimum atomic E-state index is -1.18. The van der Waals surface area contributed by atoms with Crippen LogP contribution in [0.2, 0.25) is 0 Å². The second-order valence-corrected chi connectivity index (χ2v) is 10.2. The molecule has 2 heterocycles. The first-order chi connectivity index (χ1) is 17.0. The van der Waals surface area contributed by atoms with E-state index in [1.165, 1.54) is 43.5 Å². The number of carbonyl (C=O) groups is 2. The van der Waals surface area contributed by atoms with Gasteiger partial charge in [-0.1, -0.05) is 37.5 Å². The van der Waals surface area contributed by atoms with Crippen molar-refractivity contribution in [2.45, 2.75) is 57.7 Å². The number of aromatic nitrogens is 1. The fraction of sp³-hybridized carbons (Fsp3) is 0.346. The van der Waals surface area contributed by atoms with Crippen LogP contribution in [0.25, 0.3) is 10.4 Å². The van der Waals surface area contributed by atoms with Crippen LogP contribution in [0.3, 0.4) is 0 Å². The number of nitrogens with one attached hydrogen (secondary N) is 1. The molecule has 3 aromatic rings. The second-order valence-electron chi connectivity index (χ2n) is 9.16. The third-order valence-corrected chi connectivity index (χ3v) is 6.84. The predicted octanol–water partition coefficient (Wildman–Crippen LogP) is 4.43. The summed E-state index contributed by atoms with van der Waals surface area (Å²) in [4.78, 5) is 27.7. The Morgan fingerprint density at radius 1 is 1.08 bits per heavy atom. The molecule has 8 nitrogen and oxygen atoms in total. The lowest BCUT2D eigenvalue weighted by atomic mass is 9.96. The first-order valence-corrected chi connectivity index (χ1v) is 12.5. The van der Waals surface area contributed by atoms with Crippen molar-refractivity contribution in [3.8, 4) is 10.4 Å². The summed E-state index contributed by atoms with van der Waals surface area (Å²) < 4.78 is 14.7. The van der Waals surface area contributed by atoms with Crippen LogP contribution in [0.15, 0.2) is 42.5 Å². The van der Waals surface area contributed by atoms with Gasteiger partial charge in [-0.25, -0.2) is 9.37 Å². The Bertz CT molecular complexity index is 1230. The van der Waals surface area contributed by atoms with Crippen LogP contribution >= 0.6 is 11.3 Å². The van der Waals surface area contributed by atoms with Crippen LogP contribution in [0.1, 0.15) is 72.4 Å². The third-order valence-electron chi connectivity index (χ3n) is 5.76. The lowest BCUT2D eigenvalue weighted by molar-refractivity contribution is 0.0782. The van der Waals surface area contributed by atoms with Crippen LogP contribution in [0, 0.1) is 5.82 Å². The summed E-state index contributed by atoms with van der Waals surface area (Å²) in [7, 11) is 0. The highest BCUT2D eigenvalue weighted by molar-refractivity contribution is 7.20. The maximum Gasteiger partial charge on any atom is 0.267 e. The van der Waals surface area contributed by atoms with E-state index in [4.69, 9.17) is 16.6 Å². The Labute approximate surface area is 213 Å². The van der Waals surface area contributed by atoms with Gasteiger partial charge in [-0.2, -0.15) is 0 Å². The van der Waals surface area contributed by atoms with Gasteiger partial charge in [0, 0.05) is 10.4 Å². The lowest BCUT2D eigenvalue weighted by Gasteiger charge is -2.18. The number of rotatable bonds is 6. The van der Waals surface area contributed by atoms with E-state index in [0.29, 0.717) is 15.4 Å². The molecule has 0 atom stereocenters. The topological polar surface area (TPSA) is 152 Å². The number of anilines is 2. The molecule has 0 aliphatic heterocycles. The molecule has 36 heavy (non-hydrogen) atoms. The third kappa shape index (κ3) is 7.09. The summed E-state index contributed by atoms with van der Waals surface area (Å²) in [5.41, 5.74) is 10.4. The molecule has 0 radical (unpaired) electrons. The normalized spacial score (nSPS) is 14.0. The van der Waals surface area contributed by atoms with Crippen molar-refractivity contribution < 1.29 is 24.2 Å². The number of halogens is 1. The summed E-state index contributed by atoms with van der Waals surface area (Å²) in [5.74, 6) is -1.64. The molecule has 1 fully saturated rings. The van der Waals surface area contributed by atoms with Crippen molar-refractivity contribution >= 4 is 34.0 Å². The Kier molecular flexibility index (Phi) is 8.78. The number of primary amides is 2. The number of pyridine rings is 1. The monoisotopic (exact) mass is 514 g/mol. The highest BCUT2D eigenvalue weighted by atomic mass is 32.1. The number of nitrogens with two attached hydrogens (primary N) is 2. The van der Waals surface area contributed by atoms with E-state index in [2.05, 4.69) is 10.3 Å². The quantitative estimate of drug-likeness (QED) is 0.328. The molecule has 7 N–H and O–H groups in total. The highest BCUT2D eigenvalue weighted by Crippen LogP contribution is 2.38. The van der Waals surface area contributed by atoms with Crippen LogP contribution in [0.5, 0.6) is 0 Å². The van der Waals surface area contributed by atoms with Gasteiger partial charge in [0.25, 0.3) is 11.8 Å². The smallest absolute Gasteiger partial charge is 0.267 e. The molecule has 2 aromatic heterocycles. The van der Waals surface area contributed by atoms with Crippen LogP contribution < -0.4 is 16.8 Å². The zero-order valence-electron chi connectivity index (χ0n) is 20.3. The maximum atomic E-state index is 14.7. The van der Waals surface area contributed by atoms with Crippen molar-refractivity contribution in [1.29, 1.82) is 0 Å². The molecule has 10 heteroatoms. The van der Waals surface area contributed by atoms with Gasteiger partial charge < -0.3 is 27.0 Å². The van der Waals surface area contributed by atoms with Crippen LogP contribution in [-0.2, 0) is 5.60 Å². The number of amides is 2. The van der Waals surface area contributed by atoms with Gasteiger partial charge in [0.1, 0.15) is 22.3 Å². The summed E-state index contributed by atoms with van der Waals surface area (Å²) in [5, 5.41) is 22.2. The highest BCUT2D eigenvalue weighted by Gasteiger charge is 2.21. The van der Waals surface area contributed by atoms with E-state index in [-0.39, 0.29) is 28.7 Å². The number of aliphatic hydroxyl groups excluding tert-OH is 1. The number of hydrogen-bond acceptors (Lipinski definition) is 7. The van der Waals surface area contributed by atoms with Gasteiger partial charge >= 0.3 is 0 Å². The molecule has 0 bridgehead atoms.